The molecule has 0 saturated heterocycles. The van der Waals surface area contributed by atoms with Crippen LogP contribution in [0.2, 0.25) is 5.02 Å². The highest BCUT2D eigenvalue weighted by Crippen LogP contribution is 2.41. The number of aromatic nitrogens is 1. The molecular weight excluding hydrogens is 465 g/mol. The van der Waals surface area contributed by atoms with Crippen molar-refractivity contribution in [1.82, 2.24) is 9.99 Å². The quantitative estimate of drug-likeness (QED) is 0.330. The number of carbonyl (C=O) groups is 1. The Labute approximate surface area is 207 Å². The zero-order valence-electron chi connectivity index (χ0n) is 19.3. The van der Waals surface area contributed by atoms with E-state index in [1.165, 1.54) is 18.2 Å². The summed E-state index contributed by atoms with van der Waals surface area (Å²) in [4.78, 5) is 17.8. The number of pyridine rings is 1. The Balaban J connectivity index is 1.73. The van der Waals surface area contributed by atoms with Gasteiger partial charge < -0.3 is 4.74 Å². The van der Waals surface area contributed by atoms with Gasteiger partial charge in [-0.25, -0.2) is 9.40 Å². The fraction of sp³-hybridized carbons (Fsp3) is 0.179. The number of rotatable bonds is 5. The zero-order chi connectivity index (χ0) is 24.5. The lowest BCUT2D eigenvalue weighted by Gasteiger charge is -2.23. The Morgan fingerprint density at radius 1 is 1.06 bits per heavy atom. The molecule has 1 aliphatic heterocycles. The number of fused-ring (bicyclic) bond motifs is 1. The van der Waals surface area contributed by atoms with Crippen molar-refractivity contribution in [2.75, 3.05) is 13.7 Å². The van der Waals surface area contributed by atoms with E-state index in [0.717, 1.165) is 33.3 Å². The summed E-state index contributed by atoms with van der Waals surface area (Å²) < 4.78 is 20.0. The number of nitrogens with zero attached hydrogens (tertiary/aromatic N) is 3. The standard InChI is InChI=1S/C28H23ClFN3O2/c1-17-26(27(18-9-4-3-5-10-18)19-11-6-7-14-22(19)31-17)23-15-24(33(32-23)25(34)16-35-2)28-20(29)12-8-13-21(28)30/h3-14,24H,15-16H2,1-2H3. The SMILES string of the molecule is COCC(=O)N1N=C(c2c(C)nc3ccccc3c2-c2ccccc2)CC1c1c(F)cccc1Cl. The van der Waals surface area contributed by atoms with Gasteiger partial charge in [-0.05, 0) is 30.7 Å². The van der Waals surface area contributed by atoms with Gasteiger partial charge in [-0.3, -0.25) is 9.78 Å². The van der Waals surface area contributed by atoms with E-state index in [0.29, 0.717) is 5.71 Å². The van der Waals surface area contributed by atoms with E-state index < -0.39 is 11.9 Å². The first-order valence-electron chi connectivity index (χ1n) is 11.3. The van der Waals surface area contributed by atoms with Gasteiger partial charge in [0.2, 0.25) is 0 Å². The highest BCUT2D eigenvalue weighted by molar-refractivity contribution is 6.31. The number of para-hydroxylation sites is 1. The Morgan fingerprint density at radius 2 is 1.80 bits per heavy atom. The third kappa shape index (κ3) is 4.20. The van der Waals surface area contributed by atoms with Crippen molar-refractivity contribution in [2.24, 2.45) is 5.10 Å². The smallest absolute Gasteiger partial charge is 0.269 e. The van der Waals surface area contributed by atoms with Crippen LogP contribution >= 0.6 is 11.6 Å². The summed E-state index contributed by atoms with van der Waals surface area (Å²) in [5, 5.41) is 7.25. The van der Waals surface area contributed by atoms with Crippen LogP contribution < -0.4 is 0 Å². The summed E-state index contributed by atoms with van der Waals surface area (Å²) >= 11 is 6.41. The van der Waals surface area contributed by atoms with Gasteiger partial charge in [0.25, 0.3) is 5.91 Å². The number of amides is 1. The molecule has 0 saturated carbocycles. The summed E-state index contributed by atoms with van der Waals surface area (Å²) in [6.07, 6.45) is 0.288. The van der Waals surface area contributed by atoms with Gasteiger partial charge in [0.1, 0.15) is 12.4 Å². The topological polar surface area (TPSA) is 54.8 Å². The van der Waals surface area contributed by atoms with Crippen molar-refractivity contribution >= 4 is 34.1 Å². The molecule has 1 aliphatic rings. The Bertz CT molecular complexity index is 1440. The van der Waals surface area contributed by atoms with E-state index in [-0.39, 0.29) is 29.5 Å². The molecule has 0 radical (unpaired) electrons. The van der Waals surface area contributed by atoms with E-state index in [1.54, 1.807) is 12.1 Å². The number of hydrogen-bond acceptors (Lipinski definition) is 4. The normalized spacial score (nSPS) is 15.5. The second kappa shape index (κ2) is 9.56. The molecule has 4 aromatic rings. The number of aryl methyl sites for hydroxylation is 1. The van der Waals surface area contributed by atoms with E-state index in [4.69, 9.17) is 26.4 Å². The minimum absolute atomic E-state index is 0.181. The molecule has 1 amide bonds. The summed E-state index contributed by atoms with van der Waals surface area (Å²) in [5.74, 6) is -0.856. The third-order valence-electron chi connectivity index (χ3n) is 6.19. The van der Waals surface area contributed by atoms with Crippen molar-refractivity contribution in [1.29, 1.82) is 0 Å². The highest BCUT2D eigenvalue weighted by Gasteiger charge is 2.37. The summed E-state index contributed by atoms with van der Waals surface area (Å²) in [5.41, 5.74) is 5.35. The average Bonchev–Trinajstić information content (AvgIpc) is 3.28. The van der Waals surface area contributed by atoms with Gasteiger partial charge in [0.05, 0.1) is 17.3 Å². The monoisotopic (exact) mass is 487 g/mol. The van der Waals surface area contributed by atoms with Crippen LogP contribution in [0, 0.1) is 12.7 Å². The lowest BCUT2D eigenvalue weighted by Crippen LogP contribution is -2.30. The van der Waals surface area contributed by atoms with Crippen LogP contribution in [0.15, 0.2) is 77.9 Å². The van der Waals surface area contributed by atoms with Crippen molar-refractivity contribution < 1.29 is 13.9 Å². The van der Waals surface area contributed by atoms with Crippen LogP contribution in [0.4, 0.5) is 4.39 Å². The van der Waals surface area contributed by atoms with Gasteiger partial charge in [0, 0.05) is 46.3 Å². The molecule has 1 atom stereocenters. The molecular formula is C28H23ClFN3O2. The van der Waals surface area contributed by atoms with Crippen LogP contribution in [-0.2, 0) is 9.53 Å². The van der Waals surface area contributed by atoms with Crippen molar-refractivity contribution in [3.63, 3.8) is 0 Å². The maximum absolute atomic E-state index is 15.0. The molecule has 0 bridgehead atoms. The molecule has 1 aromatic heterocycles. The van der Waals surface area contributed by atoms with E-state index in [2.05, 4.69) is 0 Å². The van der Waals surface area contributed by atoms with Crippen LogP contribution in [-0.4, -0.2) is 35.3 Å². The van der Waals surface area contributed by atoms with Crippen molar-refractivity contribution in [2.45, 2.75) is 19.4 Å². The van der Waals surface area contributed by atoms with Gasteiger partial charge in [-0.1, -0.05) is 66.2 Å². The number of ether oxygens (including phenoxy) is 1. The fourth-order valence-corrected chi connectivity index (χ4v) is 5.02. The molecule has 0 fully saturated rings. The number of benzene rings is 3. The number of halogens is 2. The molecule has 1 unspecified atom stereocenters. The van der Waals surface area contributed by atoms with Crippen LogP contribution in [0.25, 0.3) is 22.0 Å². The maximum atomic E-state index is 15.0. The third-order valence-corrected chi connectivity index (χ3v) is 6.52. The molecule has 0 N–H and O–H groups in total. The molecule has 35 heavy (non-hydrogen) atoms. The molecule has 0 spiro atoms. The van der Waals surface area contributed by atoms with Crippen LogP contribution in [0.3, 0.4) is 0 Å². The lowest BCUT2D eigenvalue weighted by molar-refractivity contribution is -0.137. The minimum Gasteiger partial charge on any atom is -0.375 e. The second-order valence-corrected chi connectivity index (χ2v) is 8.81. The van der Waals surface area contributed by atoms with Crippen molar-refractivity contribution in [3.8, 4) is 11.1 Å². The molecule has 7 heteroatoms. The minimum atomic E-state index is -0.698. The summed E-state index contributed by atoms with van der Waals surface area (Å²) in [6.45, 7) is 1.75. The molecule has 5 rings (SSSR count). The Hall–Kier alpha value is -3.61. The number of carbonyl (C=O) groups excluding carboxylic acids is 1. The van der Waals surface area contributed by atoms with E-state index in [1.807, 2.05) is 61.5 Å². The van der Waals surface area contributed by atoms with Crippen LogP contribution in [0.5, 0.6) is 0 Å². The van der Waals surface area contributed by atoms with Crippen LogP contribution in [0.1, 0.15) is 29.3 Å². The first kappa shape index (κ1) is 23.1. The maximum Gasteiger partial charge on any atom is 0.269 e. The molecule has 5 nitrogen and oxygen atoms in total. The highest BCUT2D eigenvalue weighted by atomic mass is 35.5. The lowest BCUT2D eigenvalue weighted by atomic mass is 9.89. The first-order valence-corrected chi connectivity index (χ1v) is 11.6. The van der Waals surface area contributed by atoms with Crippen molar-refractivity contribution in [3.05, 3.63) is 100 Å². The predicted molar refractivity (Wildman–Crippen MR) is 136 cm³/mol. The van der Waals surface area contributed by atoms with Gasteiger partial charge >= 0.3 is 0 Å². The Kier molecular flexibility index (Phi) is 6.32. The largest absolute Gasteiger partial charge is 0.375 e. The average molecular weight is 488 g/mol. The Morgan fingerprint density at radius 3 is 2.54 bits per heavy atom. The van der Waals surface area contributed by atoms with Gasteiger partial charge in [-0.15, -0.1) is 0 Å². The van der Waals surface area contributed by atoms with E-state index >= 15 is 0 Å². The molecule has 0 aliphatic carbocycles. The zero-order valence-corrected chi connectivity index (χ0v) is 20.1. The van der Waals surface area contributed by atoms with Gasteiger partial charge in [-0.2, -0.15) is 5.10 Å². The molecule has 176 valence electrons. The first-order chi connectivity index (χ1) is 17.0. The fourth-order valence-electron chi connectivity index (χ4n) is 4.73. The number of hydrazone groups is 1. The number of methoxy groups -OCH3 is 1. The molecule has 3 aromatic carbocycles. The number of hydrogen-bond donors (Lipinski definition) is 0. The summed E-state index contributed by atoms with van der Waals surface area (Å²) in [6, 6.07) is 21.8. The second-order valence-electron chi connectivity index (χ2n) is 8.40. The van der Waals surface area contributed by atoms with Gasteiger partial charge in [0.15, 0.2) is 0 Å². The predicted octanol–water partition coefficient (Wildman–Crippen LogP) is 6.33. The van der Waals surface area contributed by atoms with E-state index in [9.17, 15) is 9.18 Å². The molecule has 2 heterocycles. The summed E-state index contributed by atoms with van der Waals surface area (Å²) in [7, 11) is 1.44.